The molecule has 2 amide bonds. The number of aryl methyl sites for hydroxylation is 1. The van der Waals surface area contributed by atoms with Crippen LogP contribution in [0.5, 0.6) is 5.75 Å². The van der Waals surface area contributed by atoms with E-state index < -0.39 is 6.10 Å². The van der Waals surface area contributed by atoms with Crippen LogP contribution in [0.3, 0.4) is 0 Å². The van der Waals surface area contributed by atoms with E-state index >= 15 is 0 Å². The molecule has 0 radical (unpaired) electrons. The van der Waals surface area contributed by atoms with Gasteiger partial charge in [0.2, 0.25) is 0 Å². The molecule has 0 unspecified atom stereocenters. The second-order valence-electron chi connectivity index (χ2n) is 4.98. The number of ether oxygens (including phenoxy) is 1. The Kier molecular flexibility index (Phi) is 5.80. The van der Waals surface area contributed by atoms with Gasteiger partial charge in [0, 0.05) is 12.2 Å². The predicted octanol–water partition coefficient (Wildman–Crippen LogP) is 2.56. The van der Waals surface area contributed by atoms with E-state index in [0.29, 0.717) is 11.4 Å². The number of hydrogen-bond donors (Lipinski definition) is 3. The summed E-state index contributed by atoms with van der Waals surface area (Å²) >= 11 is 0. The number of aliphatic hydroxyl groups excluding tert-OH is 1. The number of amides is 2. The predicted molar refractivity (Wildman–Crippen MR) is 86.1 cm³/mol. The van der Waals surface area contributed by atoms with Crippen LogP contribution in [0.2, 0.25) is 0 Å². The summed E-state index contributed by atoms with van der Waals surface area (Å²) in [7, 11) is 0. The SMILES string of the molecule is Cc1cccc(NC(=O)NC[C@H](O)COc2ccccc2)c1. The van der Waals surface area contributed by atoms with Crippen LogP contribution in [0.1, 0.15) is 5.56 Å². The molecule has 2 rings (SSSR count). The van der Waals surface area contributed by atoms with Crippen LogP contribution in [-0.4, -0.2) is 30.4 Å². The fourth-order valence-corrected chi connectivity index (χ4v) is 1.88. The smallest absolute Gasteiger partial charge is 0.319 e. The molecule has 0 aromatic heterocycles. The molecular weight excluding hydrogens is 280 g/mol. The van der Waals surface area contributed by atoms with Gasteiger partial charge in [-0.1, -0.05) is 30.3 Å². The van der Waals surface area contributed by atoms with Crippen molar-refractivity contribution in [2.75, 3.05) is 18.5 Å². The van der Waals surface area contributed by atoms with E-state index in [1.54, 1.807) is 0 Å². The van der Waals surface area contributed by atoms with Gasteiger partial charge in [0.05, 0.1) is 0 Å². The Balaban J connectivity index is 1.69. The zero-order valence-corrected chi connectivity index (χ0v) is 12.5. The topological polar surface area (TPSA) is 70.6 Å². The molecule has 0 saturated heterocycles. The average molecular weight is 300 g/mol. The lowest BCUT2D eigenvalue weighted by atomic mass is 10.2. The van der Waals surface area contributed by atoms with Crippen LogP contribution in [0, 0.1) is 6.92 Å². The summed E-state index contributed by atoms with van der Waals surface area (Å²) in [6.45, 7) is 2.19. The van der Waals surface area contributed by atoms with Crippen LogP contribution in [0.15, 0.2) is 54.6 Å². The van der Waals surface area contributed by atoms with E-state index in [9.17, 15) is 9.90 Å². The van der Waals surface area contributed by atoms with E-state index in [2.05, 4.69) is 10.6 Å². The average Bonchev–Trinajstić information content (AvgIpc) is 2.52. The molecule has 2 aromatic carbocycles. The summed E-state index contributed by atoms with van der Waals surface area (Å²) in [5, 5.41) is 15.1. The number of urea groups is 1. The van der Waals surface area contributed by atoms with Gasteiger partial charge in [0.25, 0.3) is 0 Å². The van der Waals surface area contributed by atoms with Crippen molar-refractivity contribution in [1.29, 1.82) is 0 Å². The first-order valence-corrected chi connectivity index (χ1v) is 7.11. The van der Waals surface area contributed by atoms with Crippen molar-refractivity contribution < 1.29 is 14.6 Å². The molecule has 0 heterocycles. The molecule has 2 aromatic rings. The summed E-state index contributed by atoms with van der Waals surface area (Å²) in [5.74, 6) is 0.686. The van der Waals surface area contributed by atoms with Crippen LogP contribution >= 0.6 is 0 Å². The molecule has 0 aliphatic rings. The Morgan fingerprint density at radius 1 is 1.18 bits per heavy atom. The third-order valence-corrected chi connectivity index (χ3v) is 2.96. The molecule has 0 spiro atoms. The van der Waals surface area contributed by atoms with Crippen molar-refractivity contribution in [1.82, 2.24) is 5.32 Å². The van der Waals surface area contributed by atoms with E-state index in [4.69, 9.17) is 4.74 Å². The van der Waals surface area contributed by atoms with Gasteiger partial charge in [-0.2, -0.15) is 0 Å². The number of para-hydroxylation sites is 1. The van der Waals surface area contributed by atoms with Crippen molar-refractivity contribution in [2.45, 2.75) is 13.0 Å². The van der Waals surface area contributed by atoms with Crippen molar-refractivity contribution in [3.05, 3.63) is 60.2 Å². The molecule has 0 bridgehead atoms. The molecule has 116 valence electrons. The van der Waals surface area contributed by atoms with Gasteiger partial charge in [-0.05, 0) is 36.8 Å². The third kappa shape index (κ3) is 5.46. The maximum absolute atomic E-state index is 11.7. The zero-order valence-electron chi connectivity index (χ0n) is 12.5. The molecule has 5 nitrogen and oxygen atoms in total. The number of rotatable bonds is 6. The summed E-state index contributed by atoms with van der Waals surface area (Å²) in [5.41, 5.74) is 1.78. The van der Waals surface area contributed by atoms with E-state index in [0.717, 1.165) is 5.56 Å². The van der Waals surface area contributed by atoms with E-state index in [1.165, 1.54) is 0 Å². The van der Waals surface area contributed by atoms with Gasteiger partial charge in [0.15, 0.2) is 0 Å². The fourth-order valence-electron chi connectivity index (χ4n) is 1.88. The van der Waals surface area contributed by atoms with Crippen molar-refractivity contribution >= 4 is 11.7 Å². The second kappa shape index (κ2) is 8.05. The maximum Gasteiger partial charge on any atom is 0.319 e. The minimum absolute atomic E-state index is 0.116. The van der Waals surface area contributed by atoms with Gasteiger partial charge >= 0.3 is 6.03 Å². The molecule has 3 N–H and O–H groups in total. The molecule has 0 saturated carbocycles. The van der Waals surface area contributed by atoms with Gasteiger partial charge in [-0.15, -0.1) is 0 Å². The first-order valence-electron chi connectivity index (χ1n) is 7.11. The normalized spacial score (nSPS) is 11.5. The van der Waals surface area contributed by atoms with Gasteiger partial charge in [-0.3, -0.25) is 0 Å². The Labute approximate surface area is 129 Å². The highest BCUT2D eigenvalue weighted by atomic mass is 16.5. The minimum atomic E-state index is -0.775. The first-order chi connectivity index (χ1) is 10.6. The van der Waals surface area contributed by atoms with E-state index in [1.807, 2.05) is 61.5 Å². The second-order valence-corrected chi connectivity index (χ2v) is 4.98. The number of aliphatic hydroxyl groups is 1. The minimum Gasteiger partial charge on any atom is -0.491 e. The van der Waals surface area contributed by atoms with E-state index in [-0.39, 0.29) is 19.2 Å². The Bertz CT molecular complexity index is 602. The van der Waals surface area contributed by atoms with Crippen LogP contribution in [0.25, 0.3) is 0 Å². The molecule has 22 heavy (non-hydrogen) atoms. The summed E-state index contributed by atoms with van der Waals surface area (Å²) < 4.78 is 5.41. The molecule has 0 aliphatic carbocycles. The highest BCUT2D eigenvalue weighted by molar-refractivity contribution is 5.89. The van der Waals surface area contributed by atoms with Gasteiger partial charge in [-0.25, -0.2) is 4.79 Å². The quantitative estimate of drug-likeness (QED) is 0.768. The van der Waals surface area contributed by atoms with Crippen LogP contribution in [0.4, 0.5) is 10.5 Å². The number of carbonyl (C=O) groups is 1. The summed E-state index contributed by atoms with van der Waals surface area (Å²) in [4.78, 5) is 11.7. The lowest BCUT2D eigenvalue weighted by Gasteiger charge is -2.14. The lowest BCUT2D eigenvalue weighted by Crippen LogP contribution is -2.37. The van der Waals surface area contributed by atoms with Crippen molar-refractivity contribution in [2.24, 2.45) is 0 Å². The third-order valence-electron chi connectivity index (χ3n) is 2.96. The highest BCUT2D eigenvalue weighted by Gasteiger charge is 2.08. The van der Waals surface area contributed by atoms with Crippen molar-refractivity contribution in [3.8, 4) is 5.75 Å². The van der Waals surface area contributed by atoms with Gasteiger partial charge < -0.3 is 20.5 Å². The van der Waals surface area contributed by atoms with Crippen LogP contribution < -0.4 is 15.4 Å². The number of hydrogen-bond acceptors (Lipinski definition) is 3. The molecule has 1 atom stereocenters. The van der Waals surface area contributed by atoms with Gasteiger partial charge in [0.1, 0.15) is 18.5 Å². The number of carbonyl (C=O) groups excluding carboxylic acids is 1. The lowest BCUT2D eigenvalue weighted by molar-refractivity contribution is 0.108. The molecular formula is C17H20N2O3. The number of benzene rings is 2. The molecule has 0 aliphatic heterocycles. The number of anilines is 1. The largest absolute Gasteiger partial charge is 0.491 e. The Morgan fingerprint density at radius 2 is 1.95 bits per heavy atom. The monoisotopic (exact) mass is 300 g/mol. The van der Waals surface area contributed by atoms with Crippen molar-refractivity contribution in [3.63, 3.8) is 0 Å². The zero-order chi connectivity index (χ0) is 15.8. The molecule has 5 heteroatoms. The summed E-state index contributed by atoms with van der Waals surface area (Å²) in [6, 6.07) is 16.4. The highest BCUT2D eigenvalue weighted by Crippen LogP contribution is 2.09. The standard InChI is InChI=1S/C17H20N2O3/c1-13-6-5-7-14(10-13)19-17(21)18-11-15(20)12-22-16-8-3-2-4-9-16/h2-10,15,20H,11-12H2,1H3,(H2,18,19,21)/t15-/m0/s1. The Hall–Kier alpha value is -2.53. The fraction of sp³-hybridized carbons (Fsp3) is 0.235. The Morgan fingerprint density at radius 3 is 2.68 bits per heavy atom. The number of nitrogens with one attached hydrogen (secondary N) is 2. The molecule has 0 fully saturated rings. The first kappa shape index (κ1) is 15.9. The van der Waals surface area contributed by atoms with Crippen LogP contribution in [-0.2, 0) is 0 Å². The summed E-state index contributed by atoms with van der Waals surface area (Å²) in [6.07, 6.45) is -0.775. The maximum atomic E-state index is 11.7.